The van der Waals surface area contributed by atoms with Gasteiger partial charge in [0.1, 0.15) is 17.1 Å². The van der Waals surface area contributed by atoms with Crippen LogP contribution in [-0.2, 0) is 10.2 Å². The second kappa shape index (κ2) is 8.61. The van der Waals surface area contributed by atoms with Crippen LogP contribution in [0.15, 0.2) is 78.9 Å². The highest BCUT2D eigenvalue weighted by Crippen LogP contribution is 2.32. The molecule has 0 fully saturated rings. The first-order valence-corrected chi connectivity index (χ1v) is 9.15. The first kappa shape index (κ1) is 20.1. The van der Waals surface area contributed by atoms with E-state index in [0.29, 0.717) is 5.75 Å². The van der Waals surface area contributed by atoms with Crippen LogP contribution in [0.25, 0.3) is 0 Å². The standard InChI is InChI=1S/C24H22O5/c1-24(2,17-9-5-4-6-10-17)18-13-15-19(16-14-18)28-23(26)29-21-12-8-7-11-20(21)22(25)27-3/h4-16H,1-3H3. The third-order valence-electron chi connectivity index (χ3n) is 4.76. The third-order valence-corrected chi connectivity index (χ3v) is 4.76. The maximum Gasteiger partial charge on any atom is 0.519 e. The van der Waals surface area contributed by atoms with Crippen LogP contribution in [0.3, 0.4) is 0 Å². The van der Waals surface area contributed by atoms with E-state index in [2.05, 4.69) is 30.7 Å². The minimum absolute atomic E-state index is 0.0752. The smallest absolute Gasteiger partial charge is 0.465 e. The van der Waals surface area contributed by atoms with E-state index in [1.54, 1.807) is 24.3 Å². The highest BCUT2D eigenvalue weighted by Gasteiger charge is 2.23. The Morgan fingerprint density at radius 2 is 1.31 bits per heavy atom. The predicted molar refractivity (Wildman–Crippen MR) is 109 cm³/mol. The number of carbonyl (C=O) groups is 2. The van der Waals surface area contributed by atoms with E-state index < -0.39 is 12.1 Å². The molecule has 0 saturated carbocycles. The number of hydrogen-bond acceptors (Lipinski definition) is 5. The first-order valence-electron chi connectivity index (χ1n) is 9.15. The quantitative estimate of drug-likeness (QED) is 0.432. The fraction of sp³-hybridized carbons (Fsp3) is 0.167. The van der Waals surface area contributed by atoms with E-state index >= 15 is 0 Å². The van der Waals surface area contributed by atoms with Gasteiger partial charge in [-0.05, 0) is 35.4 Å². The molecule has 0 amide bonds. The van der Waals surface area contributed by atoms with Crippen molar-refractivity contribution in [2.45, 2.75) is 19.3 Å². The van der Waals surface area contributed by atoms with E-state index in [9.17, 15) is 9.59 Å². The van der Waals surface area contributed by atoms with E-state index in [0.717, 1.165) is 5.56 Å². The normalized spacial score (nSPS) is 10.9. The average Bonchev–Trinajstić information content (AvgIpc) is 2.74. The topological polar surface area (TPSA) is 61.8 Å². The lowest BCUT2D eigenvalue weighted by atomic mass is 9.78. The molecule has 5 nitrogen and oxygen atoms in total. The van der Waals surface area contributed by atoms with E-state index in [1.165, 1.54) is 24.8 Å². The van der Waals surface area contributed by atoms with Crippen LogP contribution in [0.1, 0.15) is 35.3 Å². The summed E-state index contributed by atoms with van der Waals surface area (Å²) in [5.74, 6) is -0.176. The van der Waals surface area contributed by atoms with Gasteiger partial charge in [0.2, 0.25) is 0 Å². The molecule has 0 heterocycles. The zero-order valence-corrected chi connectivity index (χ0v) is 16.5. The number of rotatable bonds is 5. The van der Waals surface area contributed by atoms with Crippen molar-refractivity contribution in [3.63, 3.8) is 0 Å². The summed E-state index contributed by atoms with van der Waals surface area (Å²) in [6, 6.07) is 23.7. The summed E-state index contributed by atoms with van der Waals surface area (Å²) in [7, 11) is 1.26. The molecule has 0 spiro atoms. The van der Waals surface area contributed by atoms with Crippen molar-refractivity contribution in [3.05, 3.63) is 95.6 Å². The molecule has 5 heteroatoms. The van der Waals surface area contributed by atoms with Gasteiger partial charge in [0.15, 0.2) is 0 Å². The van der Waals surface area contributed by atoms with Gasteiger partial charge in [-0.15, -0.1) is 0 Å². The SMILES string of the molecule is COC(=O)c1ccccc1OC(=O)Oc1ccc(C(C)(C)c2ccccc2)cc1. The lowest BCUT2D eigenvalue weighted by Crippen LogP contribution is -2.19. The summed E-state index contributed by atoms with van der Waals surface area (Å²) in [4.78, 5) is 23.9. The van der Waals surface area contributed by atoms with Crippen LogP contribution >= 0.6 is 0 Å². The van der Waals surface area contributed by atoms with Gasteiger partial charge in [-0.1, -0.05) is 68.4 Å². The lowest BCUT2D eigenvalue weighted by Gasteiger charge is -2.26. The molecule has 3 aromatic rings. The summed E-state index contributed by atoms with van der Waals surface area (Å²) in [6.07, 6.45) is -0.934. The van der Waals surface area contributed by atoms with Crippen molar-refractivity contribution in [2.75, 3.05) is 7.11 Å². The second-order valence-electron chi connectivity index (χ2n) is 6.96. The Bertz CT molecular complexity index is 991. The third kappa shape index (κ3) is 4.63. The van der Waals surface area contributed by atoms with E-state index in [-0.39, 0.29) is 16.7 Å². The fourth-order valence-electron chi connectivity index (χ4n) is 3.00. The van der Waals surface area contributed by atoms with Gasteiger partial charge in [-0.2, -0.15) is 0 Å². The highest BCUT2D eigenvalue weighted by molar-refractivity contribution is 5.93. The van der Waals surface area contributed by atoms with Gasteiger partial charge in [-0.25, -0.2) is 9.59 Å². The summed E-state index contributed by atoms with van der Waals surface area (Å²) in [5, 5.41) is 0. The Morgan fingerprint density at radius 3 is 1.97 bits per heavy atom. The molecule has 29 heavy (non-hydrogen) atoms. The summed E-state index contributed by atoms with van der Waals surface area (Å²) >= 11 is 0. The lowest BCUT2D eigenvalue weighted by molar-refractivity contribution is 0.0597. The number of hydrogen-bond donors (Lipinski definition) is 0. The van der Waals surface area contributed by atoms with E-state index in [1.807, 2.05) is 30.3 Å². The van der Waals surface area contributed by atoms with Crippen LogP contribution in [0.4, 0.5) is 4.79 Å². The van der Waals surface area contributed by atoms with Gasteiger partial charge >= 0.3 is 12.1 Å². The number of para-hydroxylation sites is 1. The monoisotopic (exact) mass is 390 g/mol. The molecule has 0 radical (unpaired) electrons. The number of methoxy groups -OCH3 is 1. The zero-order chi connectivity index (χ0) is 20.9. The zero-order valence-electron chi connectivity index (χ0n) is 16.5. The molecule has 0 atom stereocenters. The predicted octanol–water partition coefficient (Wildman–Crippen LogP) is 5.38. The molecule has 0 aromatic heterocycles. The largest absolute Gasteiger partial charge is 0.519 e. The molecule has 0 bridgehead atoms. The number of esters is 1. The van der Waals surface area contributed by atoms with Gasteiger partial charge in [0.05, 0.1) is 7.11 Å². The Hall–Kier alpha value is -3.60. The van der Waals surface area contributed by atoms with Gasteiger partial charge in [0.25, 0.3) is 0 Å². The van der Waals surface area contributed by atoms with Crippen LogP contribution in [0.5, 0.6) is 11.5 Å². The van der Waals surface area contributed by atoms with Crippen LogP contribution in [-0.4, -0.2) is 19.2 Å². The van der Waals surface area contributed by atoms with Gasteiger partial charge in [-0.3, -0.25) is 0 Å². The maximum absolute atomic E-state index is 12.2. The summed E-state index contributed by atoms with van der Waals surface area (Å²) in [5.41, 5.74) is 2.22. The highest BCUT2D eigenvalue weighted by atomic mass is 16.7. The number of carbonyl (C=O) groups excluding carboxylic acids is 2. The van der Waals surface area contributed by atoms with Crippen molar-refractivity contribution < 1.29 is 23.8 Å². The van der Waals surface area contributed by atoms with Crippen molar-refractivity contribution in [3.8, 4) is 11.5 Å². The van der Waals surface area contributed by atoms with Crippen molar-refractivity contribution in [2.24, 2.45) is 0 Å². The van der Waals surface area contributed by atoms with Crippen LogP contribution in [0.2, 0.25) is 0 Å². The van der Waals surface area contributed by atoms with Crippen LogP contribution in [0, 0.1) is 0 Å². The molecule has 0 aliphatic heterocycles. The van der Waals surface area contributed by atoms with E-state index in [4.69, 9.17) is 9.47 Å². The molecule has 0 N–H and O–H groups in total. The van der Waals surface area contributed by atoms with Crippen molar-refractivity contribution in [1.29, 1.82) is 0 Å². The molecule has 3 rings (SSSR count). The number of benzene rings is 3. The second-order valence-corrected chi connectivity index (χ2v) is 6.96. The van der Waals surface area contributed by atoms with Crippen molar-refractivity contribution >= 4 is 12.1 Å². The fourth-order valence-corrected chi connectivity index (χ4v) is 3.00. The van der Waals surface area contributed by atoms with Gasteiger partial charge < -0.3 is 14.2 Å². The molecule has 148 valence electrons. The Morgan fingerprint density at radius 1 is 0.724 bits per heavy atom. The molecule has 3 aromatic carbocycles. The first-order chi connectivity index (χ1) is 13.9. The van der Waals surface area contributed by atoms with Crippen LogP contribution < -0.4 is 9.47 Å². The number of ether oxygens (including phenoxy) is 3. The Balaban J connectivity index is 1.71. The van der Waals surface area contributed by atoms with Crippen molar-refractivity contribution in [1.82, 2.24) is 0 Å². The molecule has 0 saturated heterocycles. The summed E-state index contributed by atoms with van der Waals surface area (Å²) < 4.78 is 15.1. The molecule has 0 aliphatic rings. The summed E-state index contributed by atoms with van der Waals surface area (Å²) in [6.45, 7) is 4.27. The minimum Gasteiger partial charge on any atom is -0.465 e. The molecule has 0 aliphatic carbocycles. The minimum atomic E-state index is -0.934. The molecular formula is C24H22O5. The molecule has 0 unspecified atom stereocenters. The van der Waals surface area contributed by atoms with Gasteiger partial charge in [0, 0.05) is 5.41 Å². The Kier molecular flexibility index (Phi) is 5.98. The molecular weight excluding hydrogens is 368 g/mol. The average molecular weight is 390 g/mol. The maximum atomic E-state index is 12.2. The Labute approximate surface area is 169 Å².